The molecule has 0 unspecified atom stereocenters. The standard InChI is InChI=1S/C16H22N2O2S2/c1-3-10-21-16-17-14-13(15(19)18(16)8-9-20-2)11-6-4-5-7-12(11)22-14/h3-10H2,1-2H3. The molecule has 4 nitrogen and oxygen atoms in total. The van der Waals surface area contributed by atoms with Gasteiger partial charge in [-0.25, -0.2) is 4.98 Å². The predicted octanol–water partition coefficient (Wildman–Crippen LogP) is 3.49. The third-order valence-electron chi connectivity index (χ3n) is 3.99. The van der Waals surface area contributed by atoms with Crippen LogP contribution in [-0.4, -0.2) is 29.0 Å². The van der Waals surface area contributed by atoms with Gasteiger partial charge in [0.05, 0.1) is 18.5 Å². The minimum absolute atomic E-state index is 0.125. The molecule has 0 aliphatic heterocycles. The van der Waals surface area contributed by atoms with Gasteiger partial charge in [-0.1, -0.05) is 18.7 Å². The summed E-state index contributed by atoms with van der Waals surface area (Å²) >= 11 is 3.40. The van der Waals surface area contributed by atoms with Gasteiger partial charge in [-0.15, -0.1) is 11.3 Å². The Morgan fingerprint density at radius 3 is 2.95 bits per heavy atom. The Morgan fingerprint density at radius 1 is 1.36 bits per heavy atom. The summed E-state index contributed by atoms with van der Waals surface area (Å²) in [5.41, 5.74) is 1.39. The Hall–Kier alpha value is -0.850. The second kappa shape index (κ2) is 7.15. The van der Waals surface area contributed by atoms with Crippen molar-refractivity contribution in [1.82, 2.24) is 9.55 Å². The van der Waals surface area contributed by atoms with Crippen LogP contribution in [0, 0.1) is 0 Å². The van der Waals surface area contributed by atoms with Gasteiger partial charge in [0, 0.05) is 17.7 Å². The molecule has 1 aliphatic rings. The zero-order valence-corrected chi connectivity index (χ0v) is 14.8. The molecule has 120 valence electrons. The molecule has 6 heteroatoms. The Balaban J connectivity index is 2.14. The van der Waals surface area contributed by atoms with E-state index >= 15 is 0 Å². The second-order valence-corrected chi connectivity index (χ2v) is 7.73. The molecule has 0 spiro atoms. The van der Waals surface area contributed by atoms with Gasteiger partial charge < -0.3 is 4.74 Å². The summed E-state index contributed by atoms with van der Waals surface area (Å²) < 4.78 is 6.99. The van der Waals surface area contributed by atoms with E-state index in [0.717, 1.165) is 40.4 Å². The Labute approximate surface area is 138 Å². The molecule has 1 aliphatic carbocycles. The van der Waals surface area contributed by atoms with Crippen LogP contribution in [0.4, 0.5) is 0 Å². The minimum atomic E-state index is 0.125. The smallest absolute Gasteiger partial charge is 0.263 e. The monoisotopic (exact) mass is 338 g/mol. The number of thioether (sulfide) groups is 1. The van der Waals surface area contributed by atoms with Crippen molar-refractivity contribution in [2.24, 2.45) is 0 Å². The van der Waals surface area contributed by atoms with Gasteiger partial charge in [-0.2, -0.15) is 0 Å². The minimum Gasteiger partial charge on any atom is -0.383 e. The molecule has 0 saturated heterocycles. The van der Waals surface area contributed by atoms with Crippen LogP contribution in [0.2, 0.25) is 0 Å². The van der Waals surface area contributed by atoms with E-state index in [2.05, 4.69) is 6.92 Å². The largest absolute Gasteiger partial charge is 0.383 e. The van der Waals surface area contributed by atoms with Gasteiger partial charge in [0.2, 0.25) is 0 Å². The van der Waals surface area contributed by atoms with Crippen molar-refractivity contribution in [2.45, 2.75) is 50.7 Å². The van der Waals surface area contributed by atoms with E-state index in [1.54, 1.807) is 30.2 Å². The number of methoxy groups -OCH3 is 1. The molecule has 0 aromatic carbocycles. The molecule has 22 heavy (non-hydrogen) atoms. The third kappa shape index (κ3) is 2.96. The molecule has 0 amide bonds. The molecule has 0 saturated carbocycles. The van der Waals surface area contributed by atoms with Crippen LogP contribution in [0.25, 0.3) is 10.2 Å². The van der Waals surface area contributed by atoms with Crippen LogP contribution in [0.5, 0.6) is 0 Å². The molecule has 3 rings (SSSR count). The maximum absolute atomic E-state index is 13.0. The highest BCUT2D eigenvalue weighted by molar-refractivity contribution is 7.99. The van der Waals surface area contributed by atoms with Gasteiger partial charge in [-0.3, -0.25) is 9.36 Å². The molecular weight excluding hydrogens is 316 g/mol. The average molecular weight is 338 g/mol. The fraction of sp³-hybridized carbons (Fsp3) is 0.625. The fourth-order valence-corrected chi connectivity index (χ4v) is 5.09. The lowest BCUT2D eigenvalue weighted by molar-refractivity contribution is 0.183. The Bertz CT molecular complexity index is 721. The van der Waals surface area contributed by atoms with Crippen molar-refractivity contribution in [3.05, 3.63) is 20.8 Å². The highest BCUT2D eigenvalue weighted by atomic mass is 32.2. The van der Waals surface area contributed by atoms with E-state index in [4.69, 9.17) is 9.72 Å². The zero-order chi connectivity index (χ0) is 15.5. The van der Waals surface area contributed by atoms with Gasteiger partial charge in [0.25, 0.3) is 5.56 Å². The highest BCUT2D eigenvalue weighted by Gasteiger charge is 2.22. The van der Waals surface area contributed by atoms with Gasteiger partial charge in [0.15, 0.2) is 5.16 Å². The number of hydrogen-bond acceptors (Lipinski definition) is 5. The van der Waals surface area contributed by atoms with Crippen molar-refractivity contribution >= 4 is 33.3 Å². The maximum atomic E-state index is 13.0. The maximum Gasteiger partial charge on any atom is 0.263 e. The van der Waals surface area contributed by atoms with Crippen LogP contribution >= 0.6 is 23.1 Å². The molecule has 2 heterocycles. The molecule has 0 N–H and O–H groups in total. The van der Waals surface area contributed by atoms with Crippen molar-refractivity contribution in [2.75, 3.05) is 19.5 Å². The van der Waals surface area contributed by atoms with Crippen LogP contribution in [0.3, 0.4) is 0 Å². The summed E-state index contributed by atoms with van der Waals surface area (Å²) in [6.45, 7) is 3.26. The number of hydrogen-bond donors (Lipinski definition) is 0. The van der Waals surface area contributed by atoms with Crippen molar-refractivity contribution in [3.63, 3.8) is 0 Å². The summed E-state index contributed by atoms with van der Waals surface area (Å²) in [4.78, 5) is 20.1. The van der Waals surface area contributed by atoms with Gasteiger partial charge >= 0.3 is 0 Å². The lowest BCUT2D eigenvalue weighted by Gasteiger charge is -2.13. The van der Waals surface area contributed by atoms with Gasteiger partial charge in [-0.05, 0) is 37.7 Å². The molecule has 2 aromatic rings. The third-order valence-corrected chi connectivity index (χ3v) is 6.36. The molecule has 0 fully saturated rings. The van der Waals surface area contributed by atoms with E-state index in [1.807, 2.05) is 4.57 Å². The number of rotatable bonds is 6. The summed E-state index contributed by atoms with van der Waals surface area (Å²) in [7, 11) is 1.67. The number of ether oxygens (including phenoxy) is 1. The number of aromatic nitrogens is 2. The topological polar surface area (TPSA) is 44.1 Å². The number of nitrogens with zero attached hydrogens (tertiary/aromatic N) is 2. The van der Waals surface area contributed by atoms with Crippen LogP contribution in [0.1, 0.15) is 36.6 Å². The van der Waals surface area contributed by atoms with E-state index in [0.29, 0.717) is 13.2 Å². The molecule has 0 atom stereocenters. The summed E-state index contributed by atoms with van der Waals surface area (Å²) in [5, 5.41) is 1.71. The average Bonchev–Trinajstić information content (AvgIpc) is 2.90. The van der Waals surface area contributed by atoms with Crippen LogP contribution < -0.4 is 5.56 Å². The molecule has 0 bridgehead atoms. The van der Waals surface area contributed by atoms with Crippen molar-refractivity contribution in [3.8, 4) is 0 Å². The first-order chi connectivity index (χ1) is 10.8. The zero-order valence-electron chi connectivity index (χ0n) is 13.2. The number of thiophene rings is 1. The molecule has 2 aromatic heterocycles. The number of fused-ring (bicyclic) bond motifs is 3. The first-order valence-corrected chi connectivity index (χ1v) is 9.73. The summed E-state index contributed by atoms with van der Waals surface area (Å²) in [5.74, 6) is 0.982. The van der Waals surface area contributed by atoms with E-state index in [9.17, 15) is 4.79 Å². The van der Waals surface area contributed by atoms with Crippen molar-refractivity contribution < 1.29 is 4.74 Å². The quantitative estimate of drug-likeness (QED) is 0.597. The van der Waals surface area contributed by atoms with Gasteiger partial charge in [0.1, 0.15) is 4.83 Å². The Kier molecular flexibility index (Phi) is 5.21. The van der Waals surface area contributed by atoms with E-state index < -0.39 is 0 Å². The molecule has 0 radical (unpaired) electrons. The lowest BCUT2D eigenvalue weighted by Crippen LogP contribution is -2.25. The van der Waals surface area contributed by atoms with Crippen LogP contribution in [-0.2, 0) is 24.1 Å². The Morgan fingerprint density at radius 2 is 2.18 bits per heavy atom. The first kappa shape index (κ1) is 16.0. The van der Waals surface area contributed by atoms with E-state index in [-0.39, 0.29) is 5.56 Å². The normalized spacial score (nSPS) is 14.5. The summed E-state index contributed by atoms with van der Waals surface area (Å²) in [6.07, 6.45) is 5.62. The predicted molar refractivity (Wildman–Crippen MR) is 93.4 cm³/mol. The number of aryl methyl sites for hydroxylation is 2. The first-order valence-electron chi connectivity index (χ1n) is 7.93. The highest BCUT2D eigenvalue weighted by Crippen LogP contribution is 2.34. The fourth-order valence-electron chi connectivity index (χ4n) is 2.90. The lowest BCUT2D eigenvalue weighted by atomic mass is 9.97. The van der Waals surface area contributed by atoms with Crippen LogP contribution in [0.15, 0.2) is 9.95 Å². The van der Waals surface area contributed by atoms with E-state index in [1.165, 1.54) is 23.3 Å². The second-order valence-electron chi connectivity index (χ2n) is 5.58. The van der Waals surface area contributed by atoms with Crippen molar-refractivity contribution in [1.29, 1.82) is 0 Å². The SMILES string of the molecule is CCCSc1nc2sc3c(c2c(=O)n1CCOC)CCCC3. The summed E-state index contributed by atoms with van der Waals surface area (Å²) in [6, 6.07) is 0. The molecular formula is C16H22N2O2S2.